The van der Waals surface area contributed by atoms with Crippen molar-refractivity contribution in [2.45, 2.75) is 31.6 Å². The summed E-state index contributed by atoms with van der Waals surface area (Å²) in [5.41, 5.74) is 3.40. The molecule has 0 bridgehead atoms. The molecular formula is C11H13N3. The molecule has 0 aromatic carbocycles. The van der Waals surface area contributed by atoms with Gasteiger partial charge in [-0.15, -0.1) is 0 Å². The van der Waals surface area contributed by atoms with E-state index in [4.69, 9.17) is 0 Å². The molecule has 0 unspecified atom stereocenters. The fraction of sp³-hybridized carbons (Fsp3) is 0.455. The number of hydrogen-bond acceptors (Lipinski definition) is 2. The first-order chi connectivity index (χ1) is 6.95. The van der Waals surface area contributed by atoms with Crippen molar-refractivity contribution in [3.8, 4) is 0 Å². The maximum Gasteiger partial charge on any atom is 0.177 e. The highest BCUT2D eigenvalue weighted by molar-refractivity contribution is 5.74. The first kappa shape index (κ1) is 7.97. The van der Waals surface area contributed by atoms with Gasteiger partial charge in [-0.05, 0) is 30.4 Å². The summed E-state index contributed by atoms with van der Waals surface area (Å²) in [6.45, 7) is 0. The van der Waals surface area contributed by atoms with Crippen LogP contribution in [-0.4, -0.2) is 15.0 Å². The van der Waals surface area contributed by atoms with Crippen LogP contribution < -0.4 is 0 Å². The number of rotatable bonds is 1. The van der Waals surface area contributed by atoms with Gasteiger partial charge in [0, 0.05) is 6.20 Å². The van der Waals surface area contributed by atoms with Gasteiger partial charge in [0.15, 0.2) is 5.65 Å². The summed E-state index contributed by atoms with van der Waals surface area (Å²) < 4.78 is 0. The lowest BCUT2D eigenvalue weighted by Gasteiger charge is -2.09. The van der Waals surface area contributed by atoms with Gasteiger partial charge < -0.3 is 4.98 Å². The Kier molecular flexibility index (Phi) is 1.76. The highest BCUT2D eigenvalue weighted by atomic mass is 14.9. The SMILES string of the molecule is c1cc(C2CCCC2)c2[nH]cnc2n1. The monoisotopic (exact) mass is 187 g/mol. The lowest BCUT2D eigenvalue weighted by atomic mass is 9.98. The lowest BCUT2D eigenvalue weighted by molar-refractivity contribution is 0.727. The lowest BCUT2D eigenvalue weighted by Crippen LogP contribution is -1.94. The number of hydrogen-bond donors (Lipinski definition) is 1. The van der Waals surface area contributed by atoms with Crippen LogP contribution in [0.1, 0.15) is 37.2 Å². The van der Waals surface area contributed by atoms with Crippen LogP contribution in [0.25, 0.3) is 11.2 Å². The van der Waals surface area contributed by atoms with E-state index in [0.717, 1.165) is 17.1 Å². The Morgan fingerprint density at radius 1 is 1.21 bits per heavy atom. The van der Waals surface area contributed by atoms with Crippen LogP contribution >= 0.6 is 0 Å². The quantitative estimate of drug-likeness (QED) is 0.745. The van der Waals surface area contributed by atoms with E-state index in [1.165, 1.54) is 31.2 Å². The molecule has 2 aromatic rings. The second-order valence-electron chi connectivity index (χ2n) is 3.98. The molecule has 1 aliphatic carbocycles. The predicted octanol–water partition coefficient (Wildman–Crippen LogP) is 2.62. The van der Waals surface area contributed by atoms with Gasteiger partial charge in [-0.1, -0.05) is 12.8 Å². The van der Waals surface area contributed by atoms with Crippen LogP contribution in [0.4, 0.5) is 0 Å². The van der Waals surface area contributed by atoms with Crippen LogP contribution in [0.3, 0.4) is 0 Å². The Bertz CT molecular complexity index is 440. The van der Waals surface area contributed by atoms with Crippen molar-refractivity contribution in [3.05, 3.63) is 24.2 Å². The zero-order chi connectivity index (χ0) is 9.38. The number of imidazole rings is 1. The number of nitrogens with zero attached hydrogens (tertiary/aromatic N) is 2. The van der Waals surface area contributed by atoms with E-state index in [0.29, 0.717) is 0 Å². The number of fused-ring (bicyclic) bond motifs is 1. The van der Waals surface area contributed by atoms with Gasteiger partial charge in [0.05, 0.1) is 11.8 Å². The molecule has 3 nitrogen and oxygen atoms in total. The third-order valence-corrected chi connectivity index (χ3v) is 3.15. The fourth-order valence-electron chi connectivity index (χ4n) is 2.45. The van der Waals surface area contributed by atoms with Crippen molar-refractivity contribution in [1.82, 2.24) is 15.0 Å². The first-order valence-corrected chi connectivity index (χ1v) is 5.23. The molecule has 14 heavy (non-hydrogen) atoms. The first-order valence-electron chi connectivity index (χ1n) is 5.23. The van der Waals surface area contributed by atoms with E-state index >= 15 is 0 Å². The molecule has 0 atom stereocenters. The Labute approximate surface area is 82.6 Å². The van der Waals surface area contributed by atoms with Gasteiger partial charge >= 0.3 is 0 Å². The number of aromatic amines is 1. The molecule has 1 N–H and O–H groups in total. The molecule has 0 amide bonds. The van der Waals surface area contributed by atoms with Crippen molar-refractivity contribution < 1.29 is 0 Å². The largest absolute Gasteiger partial charge is 0.343 e. The zero-order valence-corrected chi connectivity index (χ0v) is 8.03. The third kappa shape index (κ3) is 1.12. The summed E-state index contributed by atoms with van der Waals surface area (Å²) in [6.07, 6.45) is 8.97. The van der Waals surface area contributed by atoms with Crippen molar-refractivity contribution in [2.75, 3.05) is 0 Å². The Morgan fingerprint density at radius 3 is 2.93 bits per heavy atom. The highest BCUT2D eigenvalue weighted by Crippen LogP contribution is 2.36. The van der Waals surface area contributed by atoms with Crippen molar-refractivity contribution in [2.24, 2.45) is 0 Å². The second kappa shape index (κ2) is 3.08. The molecule has 2 heterocycles. The summed E-state index contributed by atoms with van der Waals surface area (Å²) in [6, 6.07) is 2.14. The van der Waals surface area contributed by atoms with Crippen LogP contribution in [-0.2, 0) is 0 Å². The maximum atomic E-state index is 4.23. The summed E-state index contributed by atoms with van der Waals surface area (Å²) in [7, 11) is 0. The molecule has 0 aliphatic heterocycles. The fourth-order valence-corrected chi connectivity index (χ4v) is 2.45. The van der Waals surface area contributed by atoms with Gasteiger partial charge in [-0.3, -0.25) is 0 Å². The van der Waals surface area contributed by atoms with Crippen LogP contribution in [0.5, 0.6) is 0 Å². The molecule has 3 rings (SSSR count). The minimum atomic E-state index is 0.723. The molecule has 1 saturated carbocycles. The number of H-pyrrole nitrogens is 1. The van der Waals surface area contributed by atoms with E-state index in [2.05, 4.69) is 21.0 Å². The molecule has 1 aliphatic rings. The minimum absolute atomic E-state index is 0.723. The Balaban J connectivity index is 2.14. The average molecular weight is 187 g/mol. The third-order valence-electron chi connectivity index (χ3n) is 3.15. The summed E-state index contributed by atoms with van der Waals surface area (Å²) >= 11 is 0. The molecule has 1 fully saturated rings. The average Bonchev–Trinajstić information content (AvgIpc) is 2.88. The van der Waals surface area contributed by atoms with Crippen LogP contribution in [0.15, 0.2) is 18.6 Å². The summed E-state index contributed by atoms with van der Waals surface area (Å²) in [5, 5.41) is 0. The van der Waals surface area contributed by atoms with Gasteiger partial charge in [-0.2, -0.15) is 0 Å². The molecule has 0 spiro atoms. The Morgan fingerprint density at radius 2 is 2.07 bits per heavy atom. The number of nitrogens with one attached hydrogen (secondary N) is 1. The maximum absolute atomic E-state index is 4.23. The second-order valence-corrected chi connectivity index (χ2v) is 3.98. The standard InChI is InChI=1S/C11H13N3/c1-2-4-8(3-1)9-5-6-12-11-10(9)13-7-14-11/h5-8H,1-4H2,(H,12,13,14). The van der Waals surface area contributed by atoms with Crippen molar-refractivity contribution in [1.29, 1.82) is 0 Å². The molecule has 72 valence electrons. The van der Waals surface area contributed by atoms with Gasteiger partial charge in [0.25, 0.3) is 0 Å². The van der Waals surface area contributed by atoms with Gasteiger partial charge in [-0.25, -0.2) is 9.97 Å². The van der Waals surface area contributed by atoms with E-state index in [1.54, 1.807) is 6.33 Å². The summed E-state index contributed by atoms with van der Waals surface area (Å²) in [4.78, 5) is 11.6. The van der Waals surface area contributed by atoms with Gasteiger partial charge in [0.1, 0.15) is 0 Å². The van der Waals surface area contributed by atoms with E-state index in [1.807, 2.05) is 6.20 Å². The predicted molar refractivity (Wildman–Crippen MR) is 55.1 cm³/mol. The number of aromatic nitrogens is 3. The van der Waals surface area contributed by atoms with Crippen LogP contribution in [0.2, 0.25) is 0 Å². The van der Waals surface area contributed by atoms with Gasteiger partial charge in [0.2, 0.25) is 0 Å². The Hall–Kier alpha value is -1.38. The van der Waals surface area contributed by atoms with E-state index in [9.17, 15) is 0 Å². The smallest absolute Gasteiger partial charge is 0.177 e. The highest BCUT2D eigenvalue weighted by Gasteiger charge is 2.19. The molecular weight excluding hydrogens is 174 g/mol. The number of pyridine rings is 1. The van der Waals surface area contributed by atoms with E-state index in [-0.39, 0.29) is 0 Å². The molecule has 3 heteroatoms. The van der Waals surface area contributed by atoms with Crippen LogP contribution in [0, 0.1) is 0 Å². The minimum Gasteiger partial charge on any atom is -0.343 e. The molecule has 2 aromatic heterocycles. The van der Waals surface area contributed by atoms with Crippen molar-refractivity contribution >= 4 is 11.2 Å². The normalized spacial score (nSPS) is 18.0. The van der Waals surface area contributed by atoms with Crippen molar-refractivity contribution in [3.63, 3.8) is 0 Å². The van der Waals surface area contributed by atoms with E-state index < -0.39 is 0 Å². The molecule has 0 radical (unpaired) electrons. The molecule has 0 saturated heterocycles. The zero-order valence-electron chi connectivity index (χ0n) is 8.03. The summed E-state index contributed by atoms with van der Waals surface area (Å²) in [5.74, 6) is 0.723. The topological polar surface area (TPSA) is 41.6 Å².